The van der Waals surface area contributed by atoms with Crippen molar-refractivity contribution in [3.63, 3.8) is 0 Å². The van der Waals surface area contributed by atoms with Crippen LogP contribution in [0.25, 0.3) is 0 Å². The molecular formula is C10H16NRu. The summed E-state index contributed by atoms with van der Waals surface area (Å²) in [7, 11) is 0. The molecule has 0 aliphatic carbocycles. The number of rotatable bonds is 4. The molecule has 0 bridgehead atoms. The summed E-state index contributed by atoms with van der Waals surface area (Å²) in [5.74, 6) is 0. The Labute approximate surface area is 87.7 Å². The molecule has 1 N–H and O–H groups in total. The Balaban J connectivity index is 0.00000121. The SMILES string of the molecule is CCCc1[c-][nH]cc1CCC.[Ru+]. The summed E-state index contributed by atoms with van der Waals surface area (Å²) < 4.78 is 0. The molecule has 0 aliphatic rings. The predicted molar refractivity (Wildman–Crippen MR) is 47.6 cm³/mol. The monoisotopic (exact) mass is 252 g/mol. The van der Waals surface area contributed by atoms with Crippen molar-refractivity contribution in [3.8, 4) is 0 Å². The van der Waals surface area contributed by atoms with Gasteiger partial charge in [0.1, 0.15) is 0 Å². The fourth-order valence-corrected chi connectivity index (χ4v) is 1.34. The molecule has 0 amide bonds. The molecule has 0 fully saturated rings. The van der Waals surface area contributed by atoms with Crippen LogP contribution in [0, 0.1) is 6.20 Å². The standard InChI is InChI=1S/C10H16N.Ru/c1-3-5-9-7-11-8-10(9)6-4-2;/h7,11H,3-6H2,1-2H3;/q-1;+1. The molecule has 0 saturated heterocycles. The van der Waals surface area contributed by atoms with E-state index in [1.54, 1.807) is 0 Å². The molecule has 1 aromatic heterocycles. The van der Waals surface area contributed by atoms with Crippen LogP contribution in [0.3, 0.4) is 0 Å². The molecule has 1 heterocycles. The van der Waals surface area contributed by atoms with Crippen molar-refractivity contribution in [1.82, 2.24) is 4.98 Å². The van der Waals surface area contributed by atoms with Crippen molar-refractivity contribution in [1.29, 1.82) is 0 Å². The zero-order valence-corrected chi connectivity index (χ0v) is 9.50. The first-order valence-electron chi connectivity index (χ1n) is 4.45. The number of hydrogen-bond acceptors (Lipinski definition) is 0. The van der Waals surface area contributed by atoms with Gasteiger partial charge in [0, 0.05) is 0 Å². The molecule has 69 valence electrons. The van der Waals surface area contributed by atoms with Gasteiger partial charge in [-0.25, -0.2) is 0 Å². The van der Waals surface area contributed by atoms with Gasteiger partial charge in [-0.3, -0.25) is 0 Å². The van der Waals surface area contributed by atoms with Crippen molar-refractivity contribution in [3.05, 3.63) is 23.5 Å². The number of hydrogen-bond donors (Lipinski definition) is 1. The fraction of sp³-hybridized carbons (Fsp3) is 0.600. The second-order valence-corrected chi connectivity index (χ2v) is 2.92. The molecule has 0 saturated carbocycles. The molecule has 12 heavy (non-hydrogen) atoms. The number of aryl methyl sites for hydroxylation is 2. The molecule has 1 rings (SSSR count). The van der Waals surface area contributed by atoms with Crippen LogP contribution < -0.4 is 0 Å². The quantitative estimate of drug-likeness (QED) is 0.625. The third kappa shape index (κ3) is 3.10. The molecule has 2 heteroatoms. The van der Waals surface area contributed by atoms with Crippen LogP contribution in [-0.2, 0) is 32.3 Å². The van der Waals surface area contributed by atoms with Gasteiger partial charge in [-0.2, -0.15) is 11.1 Å². The van der Waals surface area contributed by atoms with Gasteiger partial charge in [0.05, 0.1) is 0 Å². The van der Waals surface area contributed by atoms with E-state index in [-0.39, 0.29) is 19.5 Å². The molecule has 1 aromatic rings. The van der Waals surface area contributed by atoms with E-state index in [0.29, 0.717) is 0 Å². The summed E-state index contributed by atoms with van der Waals surface area (Å²) in [6.07, 6.45) is 10.0. The smallest absolute Gasteiger partial charge is 0.484 e. The van der Waals surface area contributed by atoms with Crippen LogP contribution >= 0.6 is 0 Å². The van der Waals surface area contributed by atoms with Crippen LogP contribution in [0.5, 0.6) is 0 Å². The average Bonchev–Trinajstić information content (AvgIpc) is 2.39. The van der Waals surface area contributed by atoms with Crippen molar-refractivity contribution in [2.45, 2.75) is 39.5 Å². The van der Waals surface area contributed by atoms with Gasteiger partial charge in [-0.05, 0) is 0 Å². The van der Waals surface area contributed by atoms with Crippen molar-refractivity contribution >= 4 is 0 Å². The Hall–Kier alpha value is -0.0966. The summed E-state index contributed by atoms with van der Waals surface area (Å²) in [6.45, 7) is 4.42. The van der Waals surface area contributed by atoms with Crippen LogP contribution in [-0.4, -0.2) is 4.98 Å². The Morgan fingerprint density at radius 3 is 2.50 bits per heavy atom. The van der Waals surface area contributed by atoms with Gasteiger partial charge < -0.3 is 4.98 Å². The van der Waals surface area contributed by atoms with Crippen molar-refractivity contribution < 1.29 is 19.5 Å². The number of aromatic amines is 1. The third-order valence-electron chi connectivity index (χ3n) is 1.88. The number of H-pyrrole nitrogens is 1. The van der Waals surface area contributed by atoms with Crippen molar-refractivity contribution in [2.75, 3.05) is 0 Å². The van der Waals surface area contributed by atoms with Crippen molar-refractivity contribution in [2.24, 2.45) is 0 Å². The zero-order valence-electron chi connectivity index (χ0n) is 7.76. The van der Waals surface area contributed by atoms with E-state index in [4.69, 9.17) is 0 Å². The minimum absolute atomic E-state index is 0. The van der Waals surface area contributed by atoms with Crippen LogP contribution in [0.1, 0.15) is 37.8 Å². The maximum absolute atomic E-state index is 3.17. The van der Waals surface area contributed by atoms with Gasteiger partial charge in [0.15, 0.2) is 0 Å². The Morgan fingerprint density at radius 1 is 1.25 bits per heavy atom. The molecular weight excluding hydrogens is 235 g/mol. The fourth-order valence-electron chi connectivity index (χ4n) is 1.34. The van der Waals surface area contributed by atoms with Gasteiger partial charge in [0.25, 0.3) is 0 Å². The van der Waals surface area contributed by atoms with E-state index in [9.17, 15) is 0 Å². The average molecular weight is 251 g/mol. The second-order valence-electron chi connectivity index (χ2n) is 2.92. The Morgan fingerprint density at radius 2 is 1.92 bits per heavy atom. The maximum atomic E-state index is 3.17. The third-order valence-corrected chi connectivity index (χ3v) is 1.88. The van der Waals surface area contributed by atoms with Crippen LogP contribution in [0.2, 0.25) is 0 Å². The number of nitrogens with one attached hydrogen (secondary N) is 1. The van der Waals surface area contributed by atoms with E-state index < -0.39 is 0 Å². The molecule has 0 atom stereocenters. The molecule has 0 unspecified atom stereocenters. The van der Waals surface area contributed by atoms with Gasteiger partial charge in [-0.15, -0.1) is 12.4 Å². The minimum atomic E-state index is 0. The summed E-state index contributed by atoms with van der Waals surface area (Å²) >= 11 is 0. The molecule has 0 spiro atoms. The second kappa shape index (κ2) is 6.42. The molecule has 0 aliphatic heterocycles. The van der Waals surface area contributed by atoms with Crippen LogP contribution in [0.4, 0.5) is 0 Å². The van der Waals surface area contributed by atoms with E-state index in [1.807, 2.05) is 0 Å². The predicted octanol–water partition coefficient (Wildman–Crippen LogP) is 2.72. The summed E-state index contributed by atoms with van der Waals surface area (Å²) in [5, 5.41) is 0. The Kier molecular flexibility index (Phi) is 6.37. The normalized spacial score (nSPS) is 9.50. The van der Waals surface area contributed by atoms with Gasteiger partial charge in [0.2, 0.25) is 0 Å². The first-order valence-corrected chi connectivity index (χ1v) is 4.45. The van der Waals surface area contributed by atoms with E-state index >= 15 is 0 Å². The molecule has 1 radical (unpaired) electrons. The largest absolute Gasteiger partial charge is 1.00 e. The number of aromatic nitrogens is 1. The first kappa shape index (κ1) is 11.9. The van der Waals surface area contributed by atoms with Gasteiger partial charge in [-0.1, -0.05) is 39.5 Å². The van der Waals surface area contributed by atoms with E-state index in [0.717, 1.165) is 0 Å². The summed E-state index contributed by atoms with van der Waals surface area (Å²) in [5.41, 5.74) is 2.84. The molecule has 1 nitrogen and oxygen atoms in total. The Bertz CT molecular complexity index is 185. The molecule has 0 aromatic carbocycles. The van der Waals surface area contributed by atoms with E-state index in [1.165, 1.54) is 36.8 Å². The maximum Gasteiger partial charge on any atom is 1.00 e. The topological polar surface area (TPSA) is 15.8 Å². The van der Waals surface area contributed by atoms with E-state index in [2.05, 4.69) is 31.2 Å². The minimum Gasteiger partial charge on any atom is -0.484 e. The first-order chi connectivity index (χ1) is 5.38. The summed E-state index contributed by atoms with van der Waals surface area (Å²) in [4.78, 5) is 3.04. The zero-order chi connectivity index (χ0) is 8.10. The summed E-state index contributed by atoms with van der Waals surface area (Å²) in [6, 6.07) is 0. The van der Waals surface area contributed by atoms with Gasteiger partial charge >= 0.3 is 19.5 Å². The van der Waals surface area contributed by atoms with Crippen LogP contribution in [0.15, 0.2) is 6.20 Å².